The van der Waals surface area contributed by atoms with Gasteiger partial charge in [-0.2, -0.15) is 0 Å². The van der Waals surface area contributed by atoms with Crippen LogP contribution in [0, 0.1) is 0 Å². The van der Waals surface area contributed by atoms with Crippen molar-refractivity contribution in [3.05, 3.63) is 11.8 Å². The van der Waals surface area contributed by atoms with E-state index in [4.69, 9.17) is 9.59 Å². The number of unbranched alkanes of at least 4 members (excludes halogenated alkanes) is 2. The van der Waals surface area contributed by atoms with Gasteiger partial charge in [0.1, 0.15) is 0 Å². The van der Waals surface area contributed by atoms with Gasteiger partial charge in [-0.3, -0.25) is 0 Å². The van der Waals surface area contributed by atoms with Crippen LogP contribution in [0.25, 0.3) is 0 Å². The zero-order valence-corrected chi connectivity index (χ0v) is 11.2. The highest BCUT2D eigenvalue weighted by molar-refractivity contribution is 6.54. The Balaban J connectivity index is 0. The third-order valence-corrected chi connectivity index (χ3v) is 1.80. The van der Waals surface area contributed by atoms with Crippen LogP contribution >= 0.6 is 0 Å². The summed E-state index contributed by atoms with van der Waals surface area (Å²) >= 11 is 0. The van der Waals surface area contributed by atoms with E-state index in [9.17, 15) is 0 Å². The van der Waals surface area contributed by atoms with Gasteiger partial charge in [-0.05, 0) is 26.1 Å². The lowest BCUT2D eigenvalue weighted by Crippen LogP contribution is -1.98. The molecular weight excluding hydrogens is 196 g/mol. The van der Waals surface area contributed by atoms with Crippen molar-refractivity contribution in [1.82, 2.24) is 0 Å². The van der Waals surface area contributed by atoms with Gasteiger partial charge >= 0.3 is 0 Å². The molecule has 0 heterocycles. The van der Waals surface area contributed by atoms with Crippen LogP contribution in [0.5, 0.6) is 0 Å². The molecule has 0 saturated carbocycles. The van der Waals surface area contributed by atoms with Crippen molar-refractivity contribution in [1.29, 1.82) is 0 Å². The van der Waals surface area contributed by atoms with Gasteiger partial charge in [-0.1, -0.05) is 31.5 Å². The topological polar surface area (TPSA) is 40.5 Å². The molecule has 0 aliphatic rings. The van der Waals surface area contributed by atoms with Gasteiger partial charge in [0.05, 0.1) is 0 Å². The van der Waals surface area contributed by atoms with Gasteiger partial charge in [-0.25, -0.2) is 0 Å². The van der Waals surface area contributed by atoms with E-state index >= 15 is 0 Å². The quantitative estimate of drug-likeness (QED) is 0.560. The first-order valence-electron chi connectivity index (χ1n) is 4.68. The highest BCUT2D eigenvalue weighted by Crippen LogP contribution is 1.94. The third-order valence-electron chi connectivity index (χ3n) is 1.08. The van der Waals surface area contributed by atoms with E-state index in [0.717, 1.165) is 6.42 Å². The van der Waals surface area contributed by atoms with Gasteiger partial charge in [0.2, 0.25) is 9.04 Å². The summed E-state index contributed by atoms with van der Waals surface area (Å²) in [5.41, 5.74) is 1.93. The molecule has 0 aromatic carbocycles. The summed E-state index contributed by atoms with van der Waals surface area (Å²) in [6.45, 7) is 7.69. The van der Waals surface area contributed by atoms with Gasteiger partial charge in [0.15, 0.2) is 9.04 Å². The fourth-order valence-corrected chi connectivity index (χ4v) is 1.08. The molecule has 0 aromatic heterocycles. The van der Waals surface area contributed by atoms with Gasteiger partial charge in [-0.15, -0.1) is 0 Å². The summed E-state index contributed by atoms with van der Waals surface area (Å²) in [6, 6.07) is 0. The summed E-state index contributed by atoms with van der Waals surface area (Å²) in [7, 11) is -1.98. The van der Waals surface area contributed by atoms with Crippen molar-refractivity contribution in [2.24, 2.45) is 0 Å². The lowest BCUT2D eigenvalue weighted by molar-refractivity contribution is 0.587. The summed E-state index contributed by atoms with van der Waals surface area (Å²) in [6.07, 6.45) is 5.68. The Morgan fingerprint density at radius 1 is 1.15 bits per heavy atom. The maximum absolute atomic E-state index is 8.87. The van der Waals surface area contributed by atoms with Gasteiger partial charge in [0.25, 0.3) is 0 Å². The van der Waals surface area contributed by atoms with Crippen molar-refractivity contribution >= 4 is 18.1 Å². The van der Waals surface area contributed by atoms with Crippen molar-refractivity contribution < 1.29 is 9.59 Å². The summed E-state index contributed by atoms with van der Waals surface area (Å²) in [4.78, 5) is 17.0. The molecule has 4 heteroatoms. The van der Waals surface area contributed by atoms with Crippen LogP contribution in [-0.2, 0) is 0 Å². The third kappa shape index (κ3) is 33.2. The van der Waals surface area contributed by atoms with E-state index in [1.54, 1.807) is 0 Å². The molecule has 0 aliphatic carbocycles. The number of hydrogen-bond donors (Lipinski definition) is 2. The van der Waals surface area contributed by atoms with Crippen molar-refractivity contribution in [3.8, 4) is 0 Å². The van der Waals surface area contributed by atoms with Crippen LogP contribution < -0.4 is 0 Å². The monoisotopic (exact) mass is 218 g/mol. The van der Waals surface area contributed by atoms with Crippen LogP contribution in [0.2, 0.25) is 19.6 Å². The second-order valence-electron chi connectivity index (χ2n) is 3.13. The molecule has 2 nitrogen and oxygen atoms in total. The highest BCUT2D eigenvalue weighted by atomic mass is 28.3. The second-order valence-corrected chi connectivity index (χ2v) is 6.64. The number of allylic oxidation sites excluding steroid dienone is 1. The predicted molar refractivity (Wildman–Crippen MR) is 62.2 cm³/mol. The second kappa shape index (κ2) is 12.1. The minimum atomic E-state index is -1.10. The molecule has 0 aromatic rings. The van der Waals surface area contributed by atoms with E-state index < -0.39 is 18.1 Å². The molecule has 0 amide bonds. The molecule has 78 valence electrons. The largest absolute Gasteiger partial charge is 0.432 e. The minimum Gasteiger partial charge on any atom is -0.432 e. The maximum Gasteiger partial charge on any atom is 0.231 e. The molecule has 13 heavy (non-hydrogen) atoms. The summed E-state index contributed by atoms with van der Waals surface area (Å²) in [5, 5.41) is 0. The summed E-state index contributed by atoms with van der Waals surface area (Å²) in [5.74, 6) is 0. The normalized spacial score (nSPS) is 10.8. The molecule has 0 rings (SSSR count). The smallest absolute Gasteiger partial charge is 0.231 e. The van der Waals surface area contributed by atoms with E-state index in [0.29, 0.717) is 0 Å². The Morgan fingerprint density at radius 3 is 1.92 bits per heavy atom. The van der Waals surface area contributed by atoms with E-state index in [-0.39, 0.29) is 0 Å². The summed E-state index contributed by atoms with van der Waals surface area (Å²) < 4.78 is 0. The lowest BCUT2D eigenvalue weighted by Gasteiger charge is -1.89. The first-order valence-corrected chi connectivity index (χ1v) is 9.16. The minimum absolute atomic E-state index is 0.880. The average molecular weight is 218 g/mol. The zero-order chi connectivity index (χ0) is 10.7. The van der Waals surface area contributed by atoms with Crippen LogP contribution in [0.3, 0.4) is 0 Å². The molecule has 0 atom stereocenters. The van der Waals surface area contributed by atoms with Crippen LogP contribution in [0.15, 0.2) is 11.8 Å². The van der Waals surface area contributed by atoms with Crippen molar-refractivity contribution in [2.45, 2.75) is 45.8 Å². The SMILES string of the molecule is CCCC/C=C/[Si](C)O.C[Si](C)O. The van der Waals surface area contributed by atoms with Crippen LogP contribution in [0.1, 0.15) is 26.2 Å². The van der Waals surface area contributed by atoms with E-state index in [1.165, 1.54) is 12.8 Å². The average Bonchev–Trinajstić information content (AvgIpc) is 1.97. The van der Waals surface area contributed by atoms with Crippen molar-refractivity contribution in [2.75, 3.05) is 0 Å². The molecule has 0 unspecified atom stereocenters. The molecule has 2 radical (unpaired) electrons. The Hall–Kier alpha value is 0.0938. The fraction of sp³-hybridized carbons (Fsp3) is 0.778. The first kappa shape index (κ1) is 15.6. The Labute approximate surface area is 85.8 Å². The standard InChI is InChI=1S/C7H15OSi.C2H7OSi/c1-3-4-5-6-7-9(2)8;1-4(2)3/h6-8H,3-5H2,1-2H3;3H,1-2H3/b7-6+;. The fourth-order valence-electron chi connectivity index (χ4n) is 0.576. The molecule has 0 spiro atoms. The van der Waals surface area contributed by atoms with E-state index in [2.05, 4.69) is 13.0 Å². The number of rotatable bonds is 4. The molecule has 0 saturated heterocycles. The highest BCUT2D eigenvalue weighted by Gasteiger charge is 1.88. The Bertz CT molecular complexity index is 111. The van der Waals surface area contributed by atoms with Crippen molar-refractivity contribution in [3.63, 3.8) is 0 Å². The number of hydrogen-bond acceptors (Lipinski definition) is 2. The van der Waals surface area contributed by atoms with E-state index in [1.807, 2.05) is 25.3 Å². The van der Waals surface area contributed by atoms with Crippen LogP contribution in [-0.4, -0.2) is 27.7 Å². The molecule has 2 N–H and O–H groups in total. The Kier molecular flexibility index (Phi) is 14.5. The molecule has 0 aliphatic heterocycles. The molecule has 0 bridgehead atoms. The van der Waals surface area contributed by atoms with Crippen LogP contribution in [0.4, 0.5) is 0 Å². The molecular formula is C9H22O2Si2. The van der Waals surface area contributed by atoms with Gasteiger partial charge < -0.3 is 9.59 Å². The first-order chi connectivity index (χ1) is 6.00. The lowest BCUT2D eigenvalue weighted by atomic mass is 10.2. The maximum atomic E-state index is 8.87. The predicted octanol–water partition coefficient (Wildman–Crippen LogP) is 2.12. The Morgan fingerprint density at radius 2 is 1.62 bits per heavy atom. The molecule has 0 fully saturated rings. The zero-order valence-electron chi connectivity index (χ0n) is 9.17. The van der Waals surface area contributed by atoms with Gasteiger partial charge in [0, 0.05) is 0 Å².